The average Bonchev–Trinajstić information content (AvgIpc) is 3.20. The van der Waals surface area contributed by atoms with Crippen molar-refractivity contribution in [3.05, 3.63) is 64.5 Å². The maximum atomic E-state index is 12.9. The molecule has 0 amide bonds. The number of nitrogens with zero attached hydrogens (tertiary/aromatic N) is 3. The van der Waals surface area contributed by atoms with Gasteiger partial charge in [0.1, 0.15) is 17.1 Å². The monoisotopic (exact) mass is 485 g/mol. The van der Waals surface area contributed by atoms with E-state index in [4.69, 9.17) is 4.74 Å². The molecule has 3 aromatic rings. The topological polar surface area (TPSA) is 46.8 Å². The Bertz CT molecular complexity index is 961. The molecule has 0 aliphatic carbocycles. The molecular formula is C25H32BrN3O2. The summed E-state index contributed by atoms with van der Waals surface area (Å²) in [7, 11) is 0. The van der Waals surface area contributed by atoms with E-state index in [1.165, 1.54) is 38.8 Å². The van der Waals surface area contributed by atoms with Gasteiger partial charge in [-0.1, -0.05) is 26.7 Å². The molecule has 0 saturated carbocycles. The van der Waals surface area contributed by atoms with Crippen LogP contribution in [0.5, 0.6) is 5.75 Å². The van der Waals surface area contributed by atoms with E-state index in [-0.39, 0.29) is 5.78 Å². The van der Waals surface area contributed by atoms with Crippen molar-refractivity contribution in [2.75, 3.05) is 26.2 Å². The lowest BCUT2D eigenvalue weighted by Crippen LogP contribution is -2.28. The highest BCUT2D eigenvalue weighted by atomic mass is 79.9. The van der Waals surface area contributed by atoms with Gasteiger partial charge in [0, 0.05) is 22.8 Å². The summed E-state index contributed by atoms with van der Waals surface area (Å²) in [4.78, 5) is 19.8. The van der Waals surface area contributed by atoms with E-state index in [2.05, 4.69) is 39.7 Å². The van der Waals surface area contributed by atoms with Crippen molar-refractivity contribution >= 4 is 27.4 Å². The second kappa shape index (κ2) is 12.0. The van der Waals surface area contributed by atoms with Crippen molar-refractivity contribution in [1.82, 2.24) is 14.3 Å². The van der Waals surface area contributed by atoms with Crippen LogP contribution < -0.4 is 4.74 Å². The summed E-state index contributed by atoms with van der Waals surface area (Å²) in [5, 5.41) is 0. The molecule has 0 aliphatic rings. The van der Waals surface area contributed by atoms with Gasteiger partial charge < -0.3 is 9.64 Å². The number of fused-ring (bicyclic) bond motifs is 1. The van der Waals surface area contributed by atoms with E-state index in [1.54, 1.807) is 10.6 Å². The number of ketones is 1. The fourth-order valence-electron chi connectivity index (χ4n) is 3.55. The standard InChI is InChI=1S/C25H32BrN3O2/c1-3-5-14-28(15-6-4-2)16-7-17-31-22-11-8-20(9-12-22)25(30)23-18-27-24-13-10-21(26)19-29(23)24/h8-13,18-19H,3-7,14-17H2,1-2H3. The third-order valence-electron chi connectivity index (χ3n) is 5.36. The van der Waals surface area contributed by atoms with Crippen LogP contribution in [0.1, 0.15) is 62.0 Å². The zero-order valence-electron chi connectivity index (χ0n) is 18.5. The number of rotatable bonds is 13. The smallest absolute Gasteiger partial charge is 0.211 e. The fraction of sp³-hybridized carbons (Fsp3) is 0.440. The highest BCUT2D eigenvalue weighted by molar-refractivity contribution is 9.10. The van der Waals surface area contributed by atoms with Crippen molar-refractivity contribution in [3.63, 3.8) is 0 Å². The first-order chi connectivity index (χ1) is 15.1. The van der Waals surface area contributed by atoms with Crippen molar-refractivity contribution in [1.29, 1.82) is 0 Å². The Kier molecular flexibility index (Phi) is 9.10. The number of aromatic nitrogens is 2. The molecular weight excluding hydrogens is 454 g/mol. The van der Waals surface area contributed by atoms with Crippen LogP contribution in [-0.2, 0) is 0 Å². The quantitative estimate of drug-likeness (QED) is 0.220. The predicted molar refractivity (Wildman–Crippen MR) is 129 cm³/mol. The van der Waals surface area contributed by atoms with Crippen molar-refractivity contribution in [3.8, 4) is 5.75 Å². The number of ether oxygens (including phenoxy) is 1. The summed E-state index contributed by atoms with van der Waals surface area (Å²) in [6, 6.07) is 11.2. The predicted octanol–water partition coefficient (Wildman–Crippen LogP) is 6.00. The minimum atomic E-state index is -0.0559. The molecule has 3 rings (SSSR count). The van der Waals surface area contributed by atoms with Crippen molar-refractivity contribution in [2.45, 2.75) is 46.0 Å². The summed E-state index contributed by atoms with van der Waals surface area (Å²) in [5.74, 6) is 0.741. The molecule has 2 aromatic heterocycles. The molecule has 31 heavy (non-hydrogen) atoms. The lowest BCUT2D eigenvalue weighted by atomic mass is 10.1. The Hall–Kier alpha value is -2.18. The zero-order chi connectivity index (χ0) is 22.1. The van der Waals surface area contributed by atoms with Gasteiger partial charge in [0.15, 0.2) is 0 Å². The van der Waals surface area contributed by atoms with Gasteiger partial charge in [0.05, 0.1) is 12.8 Å². The molecule has 0 fully saturated rings. The number of imidazole rings is 1. The molecule has 0 atom stereocenters. The molecule has 0 saturated heterocycles. The number of carbonyl (C=O) groups is 1. The molecule has 6 heteroatoms. The van der Waals surface area contributed by atoms with Crippen LogP contribution in [-0.4, -0.2) is 46.3 Å². The Morgan fingerprint density at radius 1 is 1.00 bits per heavy atom. The zero-order valence-corrected chi connectivity index (χ0v) is 20.1. The van der Waals surface area contributed by atoms with E-state index in [0.29, 0.717) is 17.9 Å². The van der Waals surface area contributed by atoms with Gasteiger partial charge >= 0.3 is 0 Å². The molecule has 0 radical (unpaired) electrons. The summed E-state index contributed by atoms with van der Waals surface area (Å²) in [6.45, 7) is 8.58. The van der Waals surface area contributed by atoms with Gasteiger partial charge in [-0.05, 0) is 84.7 Å². The first kappa shape index (κ1) is 23.5. The molecule has 166 valence electrons. The molecule has 1 aromatic carbocycles. The Morgan fingerprint density at radius 3 is 2.35 bits per heavy atom. The van der Waals surface area contributed by atoms with E-state index in [9.17, 15) is 4.79 Å². The van der Waals surface area contributed by atoms with Gasteiger partial charge in [-0.15, -0.1) is 0 Å². The van der Waals surface area contributed by atoms with Crippen LogP contribution >= 0.6 is 15.9 Å². The molecule has 2 heterocycles. The number of hydrogen-bond donors (Lipinski definition) is 0. The Labute approximate surface area is 193 Å². The van der Waals surface area contributed by atoms with Crippen LogP contribution in [0.25, 0.3) is 5.65 Å². The largest absolute Gasteiger partial charge is 0.494 e. The molecule has 0 unspecified atom stereocenters. The van der Waals surface area contributed by atoms with Crippen LogP contribution in [0.3, 0.4) is 0 Å². The van der Waals surface area contributed by atoms with Gasteiger partial charge in [0.25, 0.3) is 0 Å². The van der Waals surface area contributed by atoms with Gasteiger partial charge in [-0.25, -0.2) is 4.98 Å². The second-order valence-corrected chi connectivity index (χ2v) is 8.74. The highest BCUT2D eigenvalue weighted by Gasteiger charge is 2.14. The van der Waals surface area contributed by atoms with Gasteiger partial charge in [0.2, 0.25) is 5.78 Å². The minimum Gasteiger partial charge on any atom is -0.494 e. The number of benzene rings is 1. The third kappa shape index (κ3) is 6.65. The normalized spacial score (nSPS) is 11.4. The van der Waals surface area contributed by atoms with E-state index >= 15 is 0 Å². The Morgan fingerprint density at radius 2 is 1.68 bits per heavy atom. The maximum absolute atomic E-state index is 12.9. The highest BCUT2D eigenvalue weighted by Crippen LogP contribution is 2.19. The first-order valence-corrected chi connectivity index (χ1v) is 12.0. The third-order valence-corrected chi connectivity index (χ3v) is 5.83. The number of hydrogen-bond acceptors (Lipinski definition) is 4. The van der Waals surface area contributed by atoms with Crippen LogP contribution in [0, 0.1) is 0 Å². The molecule has 0 N–H and O–H groups in total. The SMILES string of the molecule is CCCCN(CCCC)CCCOc1ccc(C(=O)c2cnc3ccc(Br)cn23)cc1. The molecule has 0 aliphatic heterocycles. The second-order valence-electron chi connectivity index (χ2n) is 7.82. The molecule has 5 nitrogen and oxygen atoms in total. The summed E-state index contributed by atoms with van der Waals surface area (Å²) >= 11 is 3.45. The lowest BCUT2D eigenvalue weighted by molar-refractivity contribution is 0.103. The van der Waals surface area contributed by atoms with Crippen molar-refractivity contribution in [2.24, 2.45) is 0 Å². The average molecular weight is 486 g/mol. The maximum Gasteiger partial charge on any atom is 0.211 e. The van der Waals surface area contributed by atoms with Gasteiger partial charge in [-0.2, -0.15) is 0 Å². The fourth-order valence-corrected chi connectivity index (χ4v) is 3.89. The van der Waals surface area contributed by atoms with Crippen LogP contribution in [0.4, 0.5) is 0 Å². The number of pyridine rings is 1. The van der Waals surface area contributed by atoms with Crippen molar-refractivity contribution < 1.29 is 9.53 Å². The molecule has 0 spiro atoms. The van der Waals surface area contributed by atoms with Crippen LogP contribution in [0.2, 0.25) is 0 Å². The minimum absolute atomic E-state index is 0.0559. The molecule has 0 bridgehead atoms. The number of carbonyl (C=O) groups excluding carboxylic acids is 1. The van der Waals surface area contributed by atoms with Crippen LogP contribution in [0.15, 0.2) is 53.3 Å². The lowest BCUT2D eigenvalue weighted by Gasteiger charge is -2.21. The Balaban J connectivity index is 1.52. The van der Waals surface area contributed by atoms with E-state index < -0.39 is 0 Å². The summed E-state index contributed by atoms with van der Waals surface area (Å²) in [6.07, 6.45) is 9.46. The number of halogens is 1. The van der Waals surface area contributed by atoms with Gasteiger partial charge in [-0.3, -0.25) is 9.20 Å². The summed E-state index contributed by atoms with van der Waals surface area (Å²) in [5.41, 5.74) is 1.92. The first-order valence-electron chi connectivity index (χ1n) is 11.2. The summed E-state index contributed by atoms with van der Waals surface area (Å²) < 4.78 is 8.62. The van der Waals surface area contributed by atoms with E-state index in [0.717, 1.165) is 28.8 Å². The number of unbranched alkanes of at least 4 members (excludes halogenated alkanes) is 2. The van der Waals surface area contributed by atoms with E-state index in [1.807, 2.05) is 42.6 Å².